The van der Waals surface area contributed by atoms with Gasteiger partial charge in [0.25, 0.3) is 0 Å². The number of nitrogens with zero attached hydrogens (tertiary/aromatic N) is 7. The van der Waals surface area contributed by atoms with Gasteiger partial charge in [-0.15, -0.1) is 5.10 Å². The molecular formula is C26H31N7O. The van der Waals surface area contributed by atoms with E-state index < -0.39 is 0 Å². The molecule has 0 atom stereocenters. The molecule has 0 radical (unpaired) electrons. The summed E-state index contributed by atoms with van der Waals surface area (Å²) >= 11 is 0. The van der Waals surface area contributed by atoms with E-state index in [1.165, 1.54) is 19.3 Å². The van der Waals surface area contributed by atoms with E-state index in [0.717, 1.165) is 60.3 Å². The summed E-state index contributed by atoms with van der Waals surface area (Å²) in [6, 6.07) is 12.3. The van der Waals surface area contributed by atoms with E-state index >= 15 is 0 Å². The van der Waals surface area contributed by atoms with Gasteiger partial charge in [-0.05, 0) is 53.8 Å². The molecule has 176 valence electrons. The smallest absolute Gasteiger partial charge is 0.296 e. The third-order valence-corrected chi connectivity index (χ3v) is 6.78. The number of aryl methyl sites for hydroxylation is 1. The van der Waals surface area contributed by atoms with Crippen molar-refractivity contribution in [1.82, 2.24) is 34.3 Å². The first kappa shape index (κ1) is 22.3. The summed E-state index contributed by atoms with van der Waals surface area (Å²) in [5.74, 6) is 0. The summed E-state index contributed by atoms with van der Waals surface area (Å²) in [7, 11) is 0. The molecule has 0 aliphatic heterocycles. The summed E-state index contributed by atoms with van der Waals surface area (Å²) in [5.41, 5.74) is 4.93. The van der Waals surface area contributed by atoms with Crippen LogP contribution in [0.5, 0.6) is 0 Å². The molecule has 3 heterocycles. The quantitative estimate of drug-likeness (QED) is 0.387. The minimum absolute atomic E-state index is 0.117. The molecule has 1 aromatic carbocycles. The Morgan fingerprint density at radius 3 is 2.65 bits per heavy atom. The molecule has 0 bridgehead atoms. The van der Waals surface area contributed by atoms with Crippen LogP contribution in [0.25, 0.3) is 16.9 Å². The van der Waals surface area contributed by atoms with Crippen LogP contribution in [0.3, 0.4) is 0 Å². The van der Waals surface area contributed by atoms with Crippen molar-refractivity contribution in [3.63, 3.8) is 0 Å². The van der Waals surface area contributed by atoms with E-state index in [1.807, 2.05) is 45.7 Å². The number of rotatable bonds is 8. The second-order valence-electron chi connectivity index (χ2n) is 9.12. The second kappa shape index (κ2) is 10.2. The van der Waals surface area contributed by atoms with Gasteiger partial charge in [0.1, 0.15) is 6.33 Å². The summed E-state index contributed by atoms with van der Waals surface area (Å²) in [6.07, 6.45) is 14.6. The van der Waals surface area contributed by atoms with Gasteiger partial charge < -0.3 is 0 Å². The van der Waals surface area contributed by atoms with E-state index in [-0.39, 0.29) is 5.69 Å². The van der Waals surface area contributed by atoms with Crippen molar-refractivity contribution in [2.75, 3.05) is 0 Å². The van der Waals surface area contributed by atoms with Gasteiger partial charge in [-0.1, -0.05) is 56.9 Å². The molecule has 4 aromatic rings. The maximum atomic E-state index is 13.4. The predicted octanol–water partition coefficient (Wildman–Crippen LogP) is 4.58. The van der Waals surface area contributed by atoms with Gasteiger partial charge in [-0.2, -0.15) is 4.68 Å². The van der Waals surface area contributed by atoms with E-state index in [2.05, 4.69) is 34.7 Å². The molecule has 8 heteroatoms. The zero-order valence-corrected chi connectivity index (χ0v) is 19.7. The van der Waals surface area contributed by atoms with Gasteiger partial charge in [0.05, 0.1) is 17.9 Å². The number of para-hydroxylation sites is 1. The van der Waals surface area contributed by atoms with Gasteiger partial charge in [-0.3, -0.25) is 14.1 Å². The number of unbranched alkanes of at least 4 members (excludes halogenated alkanes) is 1. The number of tetrazole rings is 1. The lowest BCUT2D eigenvalue weighted by Crippen LogP contribution is -2.29. The molecule has 3 aromatic heterocycles. The average molecular weight is 458 g/mol. The van der Waals surface area contributed by atoms with Crippen molar-refractivity contribution in [3.05, 3.63) is 76.9 Å². The molecule has 0 N–H and O–H groups in total. The fourth-order valence-corrected chi connectivity index (χ4v) is 4.92. The SMILES string of the molecule is CCCCc1cn(C2CCCCC2)c(=O)n1Cc1ccc(-c2ccccc2-n2cnnn2)nc1. The number of imidazole rings is 1. The number of aromatic nitrogens is 7. The minimum Gasteiger partial charge on any atom is -0.296 e. The maximum absolute atomic E-state index is 13.4. The standard InChI is InChI=1S/C26H31N7O/c1-2-3-9-22-18-32(21-10-5-4-6-11-21)26(34)31(22)17-20-14-15-24(27-16-20)23-12-7-8-13-25(23)33-19-28-29-30-33/h7-8,12-16,18-19,21H,2-6,9-11,17H2,1H3. The van der Waals surface area contributed by atoms with Crippen molar-refractivity contribution in [3.8, 4) is 16.9 Å². The molecule has 8 nitrogen and oxygen atoms in total. The van der Waals surface area contributed by atoms with Gasteiger partial charge in [0.15, 0.2) is 0 Å². The number of pyridine rings is 1. The minimum atomic E-state index is 0.117. The average Bonchev–Trinajstić information content (AvgIpc) is 3.53. The molecule has 1 aliphatic rings. The van der Waals surface area contributed by atoms with Gasteiger partial charge in [0, 0.05) is 29.7 Å². The Morgan fingerprint density at radius 1 is 1.06 bits per heavy atom. The Morgan fingerprint density at radius 2 is 1.91 bits per heavy atom. The van der Waals surface area contributed by atoms with E-state index in [4.69, 9.17) is 4.98 Å². The summed E-state index contributed by atoms with van der Waals surface area (Å²) in [4.78, 5) is 18.1. The fourth-order valence-electron chi connectivity index (χ4n) is 4.92. The lowest BCUT2D eigenvalue weighted by atomic mass is 9.95. The van der Waals surface area contributed by atoms with Crippen LogP contribution in [0.15, 0.2) is 59.9 Å². The van der Waals surface area contributed by atoms with E-state index in [1.54, 1.807) is 11.0 Å². The van der Waals surface area contributed by atoms with Gasteiger partial charge in [0.2, 0.25) is 0 Å². The first-order valence-corrected chi connectivity index (χ1v) is 12.3. The molecule has 34 heavy (non-hydrogen) atoms. The molecule has 1 aliphatic carbocycles. The molecule has 0 unspecified atom stereocenters. The number of benzene rings is 1. The normalized spacial score (nSPS) is 14.5. The van der Waals surface area contributed by atoms with E-state index in [9.17, 15) is 4.79 Å². The lowest BCUT2D eigenvalue weighted by molar-refractivity contribution is 0.344. The van der Waals surface area contributed by atoms with Crippen LogP contribution in [-0.2, 0) is 13.0 Å². The Balaban J connectivity index is 1.42. The summed E-state index contributed by atoms with van der Waals surface area (Å²) in [5, 5.41) is 11.5. The van der Waals surface area contributed by atoms with Gasteiger partial charge >= 0.3 is 5.69 Å². The second-order valence-corrected chi connectivity index (χ2v) is 9.12. The van der Waals surface area contributed by atoms with Gasteiger partial charge in [-0.25, -0.2) is 4.79 Å². The number of hydrogen-bond donors (Lipinski definition) is 0. The maximum Gasteiger partial charge on any atom is 0.328 e. The van der Waals surface area contributed by atoms with E-state index in [0.29, 0.717) is 12.6 Å². The summed E-state index contributed by atoms with van der Waals surface area (Å²) in [6.45, 7) is 2.73. The van der Waals surface area contributed by atoms with Crippen LogP contribution in [0.4, 0.5) is 0 Å². The van der Waals surface area contributed by atoms with Crippen LogP contribution in [-0.4, -0.2) is 34.3 Å². The zero-order chi connectivity index (χ0) is 23.3. The largest absolute Gasteiger partial charge is 0.328 e. The fraction of sp³-hybridized carbons (Fsp3) is 0.423. The van der Waals surface area contributed by atoms with Crippen LogP contribution in [0.1, 0.15) is 69.2 Å². The van der Waals surface area contributed by atoms with Crippen LogP contribution < -0.4 is 5.69 Å². The Bertz CT molecular complexity index is 1270. The Hall–Kier alpha value is -3.55. The highest BCUT2D eigenvalue weighted by Gasteiger charge is 2.21. The van der Waals surface area contributed by atoms with Crippen molar-refractivity contribution >= 4 is 0 Å². The topological polar surface area (TPSA) is 83.4 Å². The monoisotopic (exact) mass is 457 g/mol. The van der Waals surface area contributed by atoms with Crippen molar-refractivity contribution in [1.29, 1.82) is 0 Å². The highest BCUT2D eigenvalue weighted by Crippen LogP contribution is 2.28. The Kier molecular flexibility index (Phi) is 6.65. The summed E-state index contributed by atoms with van der Waals surface area (Å²) < 4.78 is 5.60. The first-order chi connectivity index (χ1) is 16.7. The molecule has 0 saturated heterocycles. The van der Waals surface area contributed by atoms with Crippen molar-refractivity contribution in [2.24, 2.45) is 0 Å². The van der Waals surface area contributed by atoms with Crippen molar-refractivity contribution in [2.45, 2.75) is 70.9 Å². The number of hydrogen-bond acceptors (Lipinski definition) is 5. The van der Waals surface area contributed by atoms with Crippen LogP contribution in [0.2, 0.25) is 0 Å². The predicted molar refractivity (Wildman–Crippen MR) is 131 cm³/mol. The Labute approximate surface area is 199 Å². The highest BCUT2D eigenvalue weighted by atomic mass is 16.1. The molecule has 0 amide bonds. The molecule has 5 rings (SSSR count). The molecule has 1 fully saturated rings. The van der Waals surface area contributed by atoms with Crippen LogP contribution in [0, 0.1) is 0 Å². The van der Waals surface area contributed by atoms with Crippen molar-refractivity contribution < 1.29 is 0 Å². The molecule has 0 spiro atoms. The third kappa shape index (κ3) is 4.58. The highest BCUT2D eigenvalue weighted by molar-refractivity contribution is 5.69. The zero-order valence-electron chi connectivity index (χ0n) is 19.7. The molecule has 1 saturated carbocycles. The van der Waals surface area contributed by atoms with Crippen LogP contribution >= 0.6 is 0 Å². The lowest BCUT2D eigenvalue weighted by Gasteiger charge is -2.22. The third-order valence-electron chi connectivity index (χ3n) is 6.78. The first-order valence-electron chi connectivity index (χ1n) is 12.3. The molecular weight excluding hydrogens is 426 g/mol.